The fourth-order valence-electron chi connectivity index (χ4n) is 5.72. The number of amides is 3. The first-order chi connectivity index (χ1) is 22.3. The third-order valence-electron chi connectivity index (χ3n) is 8.46. The summed E-state index contributed by atoms with van der Waals surface area (Å²) in [4.78, 5) is 51.8. The second kappa shape index (κ2) is 15.5. The van der Waals surface area contributed by atoms with Crippen molar-refractivity contribution in [2.45, 2.75) is 31.7 Å². The molecule has 0 saturated carbocycles. The number of halogens is 1. The molecule has 13 heteroatoms. The number of urea groups is 1. The lowest BCUT2D eigenvalue weighted by Crippen LogP contribution is -2.49. The number of benzene rings is 2. The Bertz CT molecular complexity index is 1480. The number of rotatable bonds is 11. The van der Waals surface area contributed by atoms with E-state index in [1.165, 1.54) is 6.33 Å². The lowest BCUT2D eigenvalue weighted by molar-refractivity contribution is -0.142. The minimum atomic E-state index is -1.15. The van der Waals surface area contributed by atoms with Gasteiger partial charge in [0.15, 0.2) is 11.6 Å². The zero-order chi connectivity index (χ0) is 32.5. The molecule has 3 heterocycles. The number of carboxylic acids is 1. The third kappa shape index (κ3) is 8.68. The van der Waals surface area contributed by atoms with Crippen LogP contribution in [0.3, 0.4) is 0 Å². The van der Waals surface area contributed by atoms with Crippen molar-refractivity contribution in [3.05, 3.63) is 77.9 Å². The standard InChI is InChI=1S/C33H41FN8O4/c1-40-16-18-41(19-17-40)33(46)38-26-11-9-24(10-12-26)20-27(32(44)45)39-31(43)25-8-5-15-42(21-25)30-28(34)29(36-22-37-30)35-14-13-23-6-3-2-4-7-23/h2-4,6-7,9-12,22,25,27H,5,8,13-21H2,1H3,(H,38,46)(H,39,43)(H,44,45)(H,35,36,37)/t25?,27-/m0/s1. The van der Waals surface area contributed by atoms with Crippen molar-refractivity contribution in [2.75, 3.05) is 68.4 Å². The quantitative estimate of drug-likeness (QED) is 0.251. The SMILES string of the molecule is CN1CCN(C(=O)Nc2ccc(C[C@H](NC(=O)C3CCCN(c4ncnc(NCCc5ccccc5)c4F)C3)C(=O)O)cc2)CC1. The Hall–Kier alpha value is -4.78. The zero-order valence-electron chi connectivity index (χ0n) is 26.0. The van der Waals surface area contributed by atoms with Crippen LogP contribution < -0.4 is 20.9 Å². The van der Waals surface area contributed by atoms with Crippen LogP contribution in [0.1, 0.15) is 24.0 Å². The van der Waals surface area contributed by atoms with E-state index < -0.39 is 29.7 Å². The highest BCUT2D eigenvalue weighted by molar-refractivity contribution is 5.89. The van der Waals surface area contributed by atoms with Gasteiger partial charge in [0.25, 0.3) is 0 Å². The first-order valence-corrected chi connectivity index (χ1v) is 15.7. The van der Waals surface area contributed by atoms with Crippen LogP contribution in [0, 0.1) is 11.7 Å². The van der Waals surface area contributed by atoms with E-state index in [-0.39, 0.29) is 30.6 Å². The van der Waals surface area contributed by atoms with E-state index >= 15 is 4.39 Å². The first kappa shape index (κ1) is 32.6. The highest BCUT2D eigenvalue weighted by Crippen LogP contribution is 2.27. The second-order valence-electron chi connectivity index (χ2n) is 11.8. The molecule has 46 heavy (non-hydrogen) atoms. The van der Waals surface area contributed by atoms with Crippen molar-refractivity contribution < 1.29 is 23.9 Å². The smallest absolute Gasteiger partial charge is 0.326 e. The Morgan fingerprint density at radius 3 is 2.43 bits per heavy atom. The normalized spacial score (nSPS) is 17.7. The molecule has 1 aromatic heterocycles. The summed E-state index contributed by atoms with van der Waals surface area (Å²) in [7, 11) is 2.02. The fourth-order valence-corrected chi connectivity index (χ4v) is 5.72. The summed E-state index contributed by atoms with van der Waals surface area (Å²) >= 11 is 0. The maximum absolute atomic E-state index is 15.4. The van der Waals surface area contributed by atoms with Crippen molar-refractivity contribution in [3.8, 4) is 0 Å². The first-order valence-electron chi connectivity index (χ1n) is 15.7. The van der Waals surface area contributed by atoms with Gasteiger partial charge in [-0.3, -0.25) is 4.79 Å². The number of aliphatic carboxylic acids is 1. The molecule has 12 nitrogen and oxygen atoms in total. The number of aromatic nitrogens is 2. The monoisotopic (exact) mass is 632 g/mol. The van der Waals surface area contributed by atoms with Gasteiger partial charge >= 0.3 is 12.0 Å². The number of nitrogens with zero attached hydrogens (tertiary/aromatic N) is 5. The van der Waals surface area contributed by atoms with Gasteiger partial charge in [-0.2, -0.15) is 4.39 Å². The molecule has 1 unspecified atom stereocenters. The van der Waals surface area contributed by atoms with Crippen molar-refractivity contribution in [3.63, 3.8) is 0 Å². The van der Waals surface area contributed by atoms with Crippen molar-refractivity contribution in [1.29, 1.82) is 0 Å². The Morgan fingerprint density at radius 1 is 0.978 bits per heavy atom. The molecule has 4 N–H and O–H groups in total. The molecule has 2 aliphatic heterocycles. The molecule has 244 valence electrons. The summed E-state index contributed by atoms with van der Waals surface area (Å²) < 4.78 is 15.4. The van der Waals surface area contributed by atoms with Crippen LogP contribution >= 0.6 is 0 Å². The van der Waals surface area contributed by atoms with Gasteiger partial charge in [0, 0.05) is 57.9 Å². The minimum Gasteiger partial charge on any atom is -0.480 e. The summed E-state index contributed by atoms with van der Waals surface area (Å²) in [5.41, 5.74) is 2.43. The summed E-state index contributed by atoms with van der Waals surface area (Å²) in [5.74, 6) is -2.45. The summed E-state index contributed by atoms with van der Waals surface area (Å²) in [6, 6.07) is 15.5. The number of nitrogens with one attached hydrogen (secondary N) is 3. The molecule has 0 bridgehead atoms. The van der Waals surface area contributed by atoms with Gasteiger partial charge in [0.05, 0.1) is 5.92 Å². The van der Waals surface area contributed by atoms with Gasteiger partial charge in [0.1, 0.15) is 12.4 Å². The van der Waals surface area contributed by atoms with Crippen LogP contribution in [-0.4, -0.2) is 102 Å². The summed E-state index contributed by atoms with van der Waals surface area (Å²) in [6.07, 6.45) is 3.25. The number of anilines is 3. The van der Waals surface area contributed by atoms with Crippen LogP contribution in [-0.2, 0) is 22.4 Å². The van der Waals surface area contributed by atoms with Gasteiger partial charge in [-0.05, 0) is 49.6 Å². The largest absolute Gasteiger partial charge is 0.480 e. The Balaban J connectivity index is 1.14. The number of hydrogen-bond acceptors (Lipinski definition) is 8. The van der Waals surface area contributed by atoms with E-state index in [0.29, 0.717) is 56.7 Å². The Labute approximate surface area is 268 Å². The van der Waals surface area contributed by atoms with E-state index in [1.54, 1.807) is 34.1 Å². The molecule has 2 atom stereocenters. The zero-order valence-corrected chi connectivity index (χ0v) is 26.0. The second-order valence-corrected chi connectivity index (χ2v) is 11.8. The number of carboxylic acid groups (broad SMARTS) is 1. The lowest BCUT2D eigenvalue weighted by atomic mass is 9.96. The molecule has 2 aliphatic rings. The lowest BCUT2D eigenvalue weighted by Gasteiger charge is -2.33. The number of carbonyl (C=O) groups is 3. The number of hydrogen-bond donors (Lipinski definition) is 4. The number of carbonyl (C=O) groups excluding carboxylic acids is 2. The number of piperazine rings is 1. The van der Waals surface area contributed by atoms with Crippen LogP contribution in [0.5, 0.6) is 0 Å². The van der Waals surface area contributed by atoms with Gasteiger partial charge < -0.3 is 35.8 Å². The maximum atomic E-state index is 15.4. The minimum absolute atomic E-state index is 0.0722. The predicted molar refractivity (Wildman–Crippen MR) is 173 cm³/mol. The maximum Gasteiger partial charge on any atom is 0.326 e. The molecular formula is C33H41FN8O4. The molecule has 2 aromatic carbocycles. The molecule has 0 radical (unpaired) electrons. The van der Waals surface area contributed by atoms with E-state index in [1.807, 2.05) is 37.4 Å². The van der Waals surface area contributed by atoms with E-state index in [0.717, 1.165) is 18.7 Å². The number of likely N-dealkylation sites (N-methyl/N-ethyl adjacent to an activating group) is 1. The van der Waals surface area contributed by atoms with Crippen LogP contribution in [0.25, 0.3) is 0 Å². The van der Waals surface area contributed by atoms with Crippen molar-refractivity contribution >= 4 is 35.2 Å². The topological polar surface area (TPSA) is 143 Å². The van der Waals surface area contributed by atoms with Crippen molar-refractivity contribution in [2.24, 2.45) is 5.92 Å². The van der Waals surface area contributed by atoms with Crippen LogP contribution in [0.15, 0.2) is 60.9 Å². The average Bonchev–Trinajstić information content (AvgIpc) is 3.07. The molecule has 0 aliphatic carbocycles. The highest BCUT2D eigenvalue weighted by atomic mass is 19.1. The van der Waals surface area contributed by atoms with E-state index in [9.17, 15) is 19.5 Å². The molecule has 2 saturated heterocycles. The summed E-state index contributed by atoms with van der Waals surface area (Å²) in [6.45, 7) is 4.16. The molecule has 2 fully saturated rings. The average molecular weight is 633 g/mol. The van der Waals surface area contributed by atoms with Gasteiger partial charge in [0.2, 0.25) is 11.7 Å². The molecule has 3 amide bonds. The molecular weight excluding hydrogens is 591 g/mol. The molecule has 5 rings (SSSR count). The molecule has 0 spiro atoms. The van der Waals surface area contributed by atoms with Gasteiger partial charge in [-0.25, -0.2) is 19.6 Å². The predicted octanol–water partition coefficient (Wildman–Crippen LogP) is 3.08. The van der Waals surface area contributed by atoms with E-state index in [2.05, 4.69) is 30.8 Å². The fraction of sp³-hybridized carbons (Fsp3) is 0.424. The Morgan fingerprint density at radius 2 is 1.72 bits per heavy atom. The Kier molecular flexibility index (Phi) is 11.0. The van der Waals surface area contributed by atoms with Crippen molar-refractivity contribution in [1.82, 2.24) is 25.1 Å². The van der Waals surface area contributed by atoms with E-state index in [4.69, 9.17) is 0 Å². The van der Waals surface area contributed by atoms with Gasteiger partial charge in [-0.15, -0.1) is 0 Å². The number of piperidine rings is 1. The molecule has 3 aromatic rings. The highest BCUT2D eigenvalue weighted by Gasteiger charge is 2.31. The summed E-state index contributed by atoms with van der Waals surface area (Å²) in [5, 5.41) is 18.5. The van der Waals surface area contributed by atoms with Gasteiger partial charge in [-0.1, -0.05) is 42.5 Å². The van der Waals surface area contributed by atoms with Crippen LogP contribution in [0.4, 0.5) is 26.5 Å². The third-order valence-corrected chi connectivity index (χ3v) is 8.46. The van der Waals surface area contributed by atoms with Crippen LogP contribution in [0.2, 0.25) is 0 Å².